The first kappa shape index (κ1) is 16.1. The smallest absolute Gasteiger partial charge is 0.410 e. The van der Waals surface area contributed by atoms with E-state index >= 15 is 0 Å². The van der Waals surface area contributed by atoms with E-state index in [4.69, 9.17) is 4.74 Å². The third kappa shape index (κ3) is 5.19. The molecule has 0 bridgehead atoms. The first-order chi connectivity index (χ1) is 9.83. The van der Waals surface area contributed by atoms with Gasteiger partial charge in [-0.2, -0.15) is 0 Å². The average Bonchev–Trinajstić information content (AvgIpc) is 2.37. The summed E-state index contributed by atoms with van der Waals surface area (Å²) in [6.45, 7) is 7.07. The second kappa shape index (κ2) is 6.64. The van der Waals surface area contributed by atoms with Crippen LogP contribution in [0.15, 0.2) is 22.9 Å². The van der Waals surface area contributed by atoms with Gasteiger partial charge in [-0.1, -0.05) is 0 Å². The van der Waals surface area contributed by atoms with Crippen LogP contribution >= 0.6 is 15.9 Å². The summed E-state index contributed by atoms with van der Waals surface area (Å²) in [4.78, 5) is 18.0. The zero-order chi connectivity index (χ0) is 15.5. The summed E-state index contributed by atoms with van der Waals surface area (Å²) in [6, 6.07) is 2.21. The molecule has 1 fully saturated rings. The summed E-state index contributed by atoms with van der Waals surface area (Å²) in [7, 11) is 0. The van der Waals surface area contributed by atoms with Crippen molar-refractivity contribution in [3.05, 3.63) is 22.9 Å². The Kier molecular flexibility index (Phi) is 5.08. The summed E-state index contributed by atoms with van der Waals surface area (Å²) >= 11 is 3.41. The Morgan fingerprint density at radius 1 is 1.48 bits per heavy atom. The van der Waals surface area contributed by atoms with E-state index in [0.717, 1.165) is 29.5 Å². The molecule has 1 aromatic rings. The van der Waals surface area contributed by atoms with Crippen LogP contribution in [0.4, 0.5) is 10.5 Å². The van der Waals surface area contributed by atoms with Crippen molar-refractivity contribution in [3.8, 4) is 0 Å². The molecule has 1 aliphatic heterocycles. The Balaban J connectivity index is 1.93. The minimum absolute atomic E-state index is 0.224. The van der Waals surface area contributed by atoms with Crippen molar-refractivity contribution in [1.82, 2.24) is 9.88 Å². The first-order valence-electron chi connectivity index (χ1n) is 7.18. The summed E-state index contributed by atoms with van der Waals surface area (Å²) in [5.41, 5.74) is 0.506. The van der Waals surface area contributed by atoms with Crippen molar-refractivity contribution in [2.75, 3.05) is 18.4 Å². The van der Waals surface area contributed by atoms with Gasteiger partial charge < -0.3 is 15.0 Å². The van der Waals surface area contributed by atoms with Crippen LogP contribution in [-0.2, 0) is 4.74 Å². The van der Waals surface area contributed by atoms with Crippen molar-refractivity contribution < 1.29 is 9.53 Å². The summed E-state index contributed by atoms with van der Waals surface area (Å²) in [5, 5.41) is 3.43. The van der Waals surface area contributed by atoms with E-state index in [1.165, 1.54) is 0 Å². The van der Waals surface area contributed by atoms with Gasteiger partial charge in [-0.25, -0.2) is 4.79 Å². The van der Waals surface area contributed by atoms with Crippen LogP contribution in [0.5, 0.6) is 0 Å². The molecule has 2 rings (SSSR count). The number of nitrogens with zero attached hydrogens (tertiary/aromatic N) is 2. The quantitative estimate of drug-likeness (QED) is 0.879. The van der Waals surface area contributed by atoms with Crippen molar-refractivity contribution >= 4 is 27.7 Å². The summed E-state index contributed by atoms with van der Waals surface area (Å²) < 4.78 is 6.37. The molecule has 1 aliphatic rings. The van der Waals surface area contributed by atoms with Gasteiger partial charge >= 0.3 is 6.09 Å². The number of piperidine rings is 1. The number of hydrogen-bond donors (Lipinski definition) is 1. The van der Waals surface area contributed by atoms with Crippen molar-refractivity contribution in [1.29, 1.82) is 0 Å². The molecule has 1 unspecified atom stereocenters. The molecular weight excluding hydrogens is 334 g/mol. The number of ether oxygens (including phenoxy) is 1. The van der Waals surface area contributed by atoms with Crippen LogP contribution in [0.3, 0.4) is 0 Å². The number of hydrogen-bond acceptors (Lipinski definition) is 4. The second-order valence-electron chi connectivity index (χ2n) is 6.30. The topological polar surface area (TPSA) is 54.5 Å². The highest BCUT2D eigenvalue weighted by Crippen LogP contribution is 2.20. The number of halogens is 1. The van der Waals surface area contributed by atoms with Gasteiger partial charge in [-0.3, -0.25) is 4.98 Å². The number of pyridine rings is 1. The lowest BCUT2D eigenvalue weighted by Gasteiger charge is -2.34. The van der Waals surface area contributed by atoms with Crippen LogP contribution in [-0.4, -0.2) is 40.7 Å². The average molecular weight is 356 g/mol. The van der Waals surface area contributed by atoms with Gasteiger partial charge in [-0.15, -0.1) is 0 Å². The van der Waals surface area contributed by atoms with Crippen LogP contribution in [0.2, 0.25) is 0 Å². The molecule has 0 spiro atoms. The van der Waals surface area contributed by atoms with Gasteiger partial charge in [-0.05, 0) is 55.6 Å². The van der Waals surface area contributed by atoms with E-state index in [1.807, 2.05) is 26.8 Å². The Bertz CT molecular complexity index is 502. The highest BCUT2D eigenvalue weighted by atomic mass is 79.9. The maximum Gasteiger partial charge on any atom is 0.410 e. The van der Waals surface area contributed by atoms with Gasteiger partial charge in [0, 0.05) is 29.8 Å². The van der Waals surface area contributed by atoms with Gasteiger partial charge in [0.25, 0.3) is 0 Å². The molecule has 1 atom stereocenters. The predicted octanol–water partition coefficient (Wildman–Crippen LogP) is 3.66. The Hall–Kier alpha value is -1.30. The van der Waals surface area contributed by atoms with Gasteiger partial charge in [0.05, 0.1) is 11.9 Å². The van der Waals surface area contributed by atoms with Crippen LogP contribution in [0.1, 0.15) is 33.6 Å². The molecular formula is C15H22BrN3O2. The largest absolute Gasteiger partial charge is 0.444 e. The van der Waals surface area contributed by atoms with Crippen molar-refractivity contribution in [3.63, 3.8) is 0 Å². The van der Waals surface area contributed by atoms with E-state index in [0.29, 0.717) is 6.54 Å². The third-order valence-corrected chi connectivity index (χ3v) is 3.58. The zero-order valence-electron chi connectivity index (χ0n) is 12.7. The standard InChI is InChI=1S/C15H22BrN3O2/c1-15(2,3)21-14(20)19-6-4-5-12(10-19)18-13-7-11(16)8-17-9-13/h7-9,12,18H,4-6,10H2,1-3H3. The van der Waals surface area contributed by atoms with E-state index in [-0.39, 0.29) is 12.1 Å². The normalized spacial score (nSPS) is 19.2. The highest BCUT2D eigenvalue weighted by Gasteiger charge is 2.27. The third-order valence-electron chi connectivity index (χ3n) is 3.15. The first-order valence-corrected chi connectivity index (χ1v) is 7.98. The molecule has 0 aliphatic carbocycles. The number of carbonyl (C=O) groups excluding carboxylic acids is 1. The molecule has 6 heteroatoms. The number of likely N-dealkylation sites (tertiary alicyclic amines) is 1. The molecule has 0 aromatic carbocycles. The van der Waals surface area contributed by atoms with E-state index in [2.05, 4.69) is 26.2 Å². The minimum Gasteiger partial charge on any atom is -0.444 e. The van der Waals surface area contributed by atoms with Crippen molar-refractivity contribution in [2.45, 2.75) is 45.3 Å². The fourth-order valence-corrected chi connectivity index (χ4v) is 2.68. The van der Waals surface area contributed by atoms with Gasteiger partial charge in [0.15, 0.2) is 0 Å². The van der Waals surface area contributed by atoms with Crippen LogP contribution in [0.25, 0.3) is 0 Å². The molecule has 5 nitrogen and oxygen atoms in total. The maximum atomic E-state index is 12.1. The zero-order valence-corrected chi connectivity index (χ0v) is 14.3. The molecule has 116 valence electrons. The van der Waals surface area contributed by atoms with E-state index in [1.54, 1.807) is 17.3 Å². The lowest BCUT2D eigenvalue weighted by molar-refractivity contribution is 0.0206. The Labute approximate surface area is 134 Å². The maximum absolute atomic E-state index is 12.1. The lowest BCUT2D eigenvalue weighted by Crippen LogP contribution is -2.46. The lowest BCUT2D eigenvalue weighted by atomic mass is 10.1. The van der Waals surface area contributed by atoms with Gasteiger partial charge in [0.2, 0.25) is 0 Å². The molecule has 1 amide bonds. The molecule has 1 N–H and O–H groups in total. The molecule has 1 saturated heterocycles. The fourth-order valence-electron chi connectivity index (χ4n) is 2.31. The van der Waals surface area contributed by atoms with Gasteiger partial charge in [0.1, 0.15) is 5.60 Å². The van der Waals surface area contributed by atoms with E-state index < -0.39 is 5.60 Å². The molecule has 0 radical (unpaired) electrons. The number of nitrogens with one attached hydrogen (secondary N) is 1. The Morgan fingerprint density at radius 3 is 2.90 bits per heavy atom. The summed E-state index contributed by atoms with van der Waals surface area (Å²) in [5.74, 6) is 0. The fraction of sp³-hybridized carbons (Fsp3) is 0.600. The summed E-state index contributed by atoms with van der Waals surface area (Å²) in [6.07, 6.45) is 5.31. The molecule has 0 saturated carbocycles. The number of rotatable bonds is 2. The van der Waals surface area contributed by atoms with Crippen LogP contribution in [0, 0.1) is 0 Å². The number of anilines is 1. The van der Waals surface area contributed by atoms with E-state index in [9.17, 15) is 4.79 Å². The number of carbonyl (C=O) groups is 1. The molecule has 2 heterocycles. The Morgan fingerprint density at radius 2 is 2.24 bits per heavy atom. The monoisotopic (exact) mass is 355 g/mol. The predicted molar refractivity (Wildman–Crippen MR) is 86.4 cm³/mol. The van der Waals surface area contributed by atoms with Crippen molar-refractivity contribution in [2.24, 2.45) is 0 Å². The number of amides is 1. The minimum atomic E-state index is -0.453. The molecule has 1 aromatic heterocycles. The van der Waals surface area contributed by atoms with Crippen LogP contribution < -0.4 is 5.32 Å². The SMILES string of the molecule is CC(C)(C)OC(=O)N1CCCC(Nc2cncc(Br)c2)C1. The second-order valence-corrected chi connectivity index (χ2v) is 7.22. The number of aromatic nitrogens is 1. The molecule has 21 heavy (non-hydrogen) atoms. The highest BCUT2D eigenvalue weighted by molar-refractivity contribution is 9.10.